The standard InChI is InChI=1S/C10H13NO5S/c1-11(2)7-10(12)8-3-5-9(6-4-8)16-17(13,14)15/h3-6H,7H2,1-2H3,(H,13,14,15). The van der Waals surface area contributed by atoms with E-state index in [1.54, 1.807) is 19.0 Å². The lowest BCUT2D eigenvalue weighted by molar-refractivity contribution is 0.0958. The molecule has 0 spiro atoms. The van der Waals surface area contributed by atoms with E-state index in [0.717, 1.165) is 0 Å². The molecule has 1 aromatic carbocycles. The molecule has 0 aliphatic rings. The van der Waals surface area contributed by atoms with Gasteiger partial charge in [0, 0.05) is 5.56 Å². The third-order valence-corrected chi connectivity index (χ3v) is 2.24. The predicted octanol–water partition coefficient (Wildman–Crippen LogP) is 0.612. The van der Waals surface area contributed by atoms with Gasteiger partial charge in [-0.1, -0.05) is 0 Å². The van der Waals surface area contributed by atoms with E-state index >= 15 is 0 Å². The first-order valence-electron chi connectivity index (χ1n) is 4.73. The predicted molar refractivity (Wildman–Crippen MR) is 61.5 cm³/mol. The molecule has 0 saturated heterocycles. The van der Waals surface area contributed by atoms with Crippen LogP contribution in [0.2, 0.25) is 0 Å². The van der Waals surface area contributed by atoms with Crippen molar-refractivity contribution in [2.75, 3.05) is 20.6 Å². The van der Waals surface area contributed by atoms with Gasteiger partial charge in [0.2, 0.25) is 0 Å². The molecule has 0 amide bonds. The molecule has 0 heterocycles. The van der Waals surface area contributed by atoms with Gasteiger partial charge in [0.05, 0.1) is 6.54 Å². The van der Waals surface area contributed by atoms with Crippen LogP contribution in [0.15, 0.2) is 24.3 Å². The maximum Gasteiger partial charge on any atom is 0.446 e. The van der Waals surface area contributed by atoms with Crippen molar-refractivity contribution in [2.24, 2.45) is 0 Å². The molecule has 0 aliphatic carbocycles. The average molecular weight is 259 g/mol. The van der Waals surface area contributed by atoms with Crippen molar-refractivity contribution in [3.8, 4) is 5.75 Å². The second kappa shape index (κ2) is 5.26. The molecule has 7 heteroatoms. The highest BCUT2D eigenvalue weighted by atomic mass is 32.3. The third kappa shape index (κ3) is 4.94. The summed E-state index contributed by atoms with van der Waals surface area (Å²) < 4.78 is 33.5. The first-order chi connectivity index (χ1) is 7.78. The summed E-state index contributed by atoms with van der Waals surface area (Å²) in [5.74, 6) is -0.137. The number of rotatable bonds is 5. The molecule has 0 fully saturated rings. The van der Waals surface area contributed by atoms with Crippen LogP contribution in [-0.4, -0.2) is 44.3 Å². The van der Waals surface area contributed by atoms with Gasteiger partial charge in [-0.15, -0.1) is 0 Å². The summed E-state index contributed by atoms with van der Waals surface area (Å²) in [5, 5.41) is 0. The molecule has 94 valence electrons. The highest BCUT2D eigenvalue weighted by Gasteiger charge is 2.09. The van der Waals surface area contributed by atoms with Crippen molar-refractivity contribution in [1.29, 1.82) is 0 Å². The minimum atomic E-state index is -4.52. The Balaban J connectivity index is 2.78. The van der Waals surface area contributed by atoms with Crippen molar-refractivity contribution < 1.29 is 21.9 Å². The monoisotopic (exact) mass is 259 g/mol. The molecular formula is C10H13NO5S. The Kier molecular flexibility index (Phi) is 4.22. The fraction of sp³-hybridized carbons (Fsp3) is 0.300. The number of hydrogen-bond donors (Lipinski definition) is 1. The Labute approximate surface area is 99.8 Å². The largest absolute Gasteiger partial charge is 0.446 e. The van der Waals surface area contributed by atoms with E-state index in [-0.39, 0.29) is 18.1 Å². The summed E-state index contributed by atoms with van der Waals surface area (Å²) in [5.41, 5.74) is 0.446. The summed E-state index contributed by atoms with van der Waals surface area (Å²) in [6, 6.07) is 5.48. The molecular weight excluding hydrogens is 246 g/mol. The molecule has 0 aromatic heterocycles. The van der Waals surface area contributed by atoms with Gasteiger partial charge in [0.1, 0.15) is 5.75 Å². The van der Waals surface area contributed by atoms with Crippen molar-refractivity contribution in [1.82, 2.24) is 4.90 Å². The number of hydrogen-bond acceptors (Lipinski definition) is 5. The van der Waals surface area contributed by atoms with Crippen LogP contribution in [0.5, 0.6) is 5.75 Å². The number of ketones is 1. The molecule has 0 radical (unpaired) electrons. The maximum absolute atomic E-state index is 11.6. The SMILES string of the molecule is CN(C)CC(=O)c1ccc(OS(=O)(=O)O)cc1. The molecule has 0 atom stereocenters. The van der Waals surface area contributed by atoms with E-state index < -0.39 is 10.4 Å². The van der Waals surface area contributed by atoms with Gasteiger partial charge in [-0.25, -0.2) is 0 Å². The van der Waals surface area contributed by atoms with Crippen molar-refractivity contribution in [3.05, 3.63) is 29.8 Å². The van der Waals surface area contributed by atoms with Crippen LogP contribution < -0.4 is 4.18 Å². The van der Waals surface area contributed by atoms with E-state index in [1.807, 2.05) is 0 Å². The van der Waals surface area contributed by atoms with Crippen LogP contribution in [0.25, 0.3) is 0 Å². The maximum atomic E-state index is 11.6. The molecule has 0 saturated carbocycles. The van der Waals surface area contributed by atoms with E-state index in [1.165, 1.54) is 24.3 Å². The van der Waals surface area contributed by atoms with Gasteiger partial charge in [-0.3, -0.25) is 9.35 Å². The number of carbonyl (C=O) groups excluding carboxylic acids is 1. The van der Waals surface area contributed by atoms with E-state index in [4.69, 9.17) is 4.55 Å². The minimum absolute atomic E-state index is 0.0473. The highest BCUT2D eigenvalue weighted by molar-refractivity contribution is 7.81. The Hall–Kier alpha value is -1.44. The Morgan fingerprint density at radius 3 is 2.24 bits per heavy atom. The summed E-state index contributed by atoms with van der Waals surface area (Å²) >= 11 is 0. The zero-order valence-electron chi connectivity index (χ0n) is 9.45. The normalized spacial score (nSPS) is 11.5. The molecule has 6 nitrogen and oxygen atoms in total. The smallest absolute Gasteiger partial charge is 0.362 e. The van der Waals surface area contributed by atoms with Gasteiger partial charge >= 0.3 is 10.4 Å². The lowest BCUT2D eigenvalue weighted by Gasteiger charge is -2.08. The summed E-state index contributed by atoms with van der Waals surface area (Å²) in [4.78, 5) is 13.3. The number of nitrogens with zero attached hydrogens (tertiary/aromatic N) is 1. The molecule has 0 bridgehead atoms. The van der Waals surface area contributed by atoms with Crippen LogP contribution in [0.3, 0.4) is 0 Å². The number of likely N-dealkylation sites (N-methyl/N-ethyl adjacent to an activating group) is 1. The van der Waals surface area contributed by atoms with Crippen LogP contribution >= 0.6 is 0 Å². The summed E-state index contributed by atoms with van der Waals surface area (Å²) in [6.07, 6.45) is 0. The minimum Gasteiger partial charge on any atom is -0.362 e. The van der Waals surface area contributed by atoms with Crippen LogP contribution in [0, 0.1) is 0 Å². The van der Waals surface area contributed by atoms with Gasteiger partial charge in [-0.2, -0.15) is 8.42 Å². The lowest BCUT2D eigenvalue weighted by atomic mass is 10.1. The molecule has 0 unspecified atom stereocenters. The van der Waals surface area contributed by atoms with Crippen molar-refractivity contribution in [2.45, 2.75) is 0 Å². The van der Waals surface area contributed by atoms with Gasteiger partial charge in [0.25, 0.3) is 0 Å². The molecule has 1 aromatic rings. The summed E-state index contributed by atoms with van der Waals surface area (Å²) in [6.45, 7) is 0.262. The van der Waals surface area contributed by atoms with Crippen LogP contribution in [0.4, 0.5) is 0 Å². The summed E-state index contributed by atoms with van der Waals surface area (Å²) in [7, 11) is -0.979. The quantitative estimate of drug-likeness (QED) is 0.616. The zero-order chi connectivity index (χ0) is 13.1. The highest BCUT2D eigenvalue weighted by Crippen LogP contribution is 2.14. The average Bonchev–Trinajstić information content (AvgIpc) is 2.15. The first-order valence-corrected chi connectivity index (χ1v) is 6.09. The van der Waals surface area contributed by atoms with Crippen LogP contribution in [-0.2, 0) is 10.4 Å². The Morgan fingerprint density at radius 1 is 1.29 bits per heavy atom. The van der Waals surface area contributed by atoms with Crippen LogP contribution in [0.1, 0.15) is 10.4 Å². The molecule has 1 N–H and O–H groups in total. The number of Topliss-reactive ketones (excluding diaryl/α,β-unsaturated/α-hetero) is 1. The van der Waals surface area contributed by atoms with Gasteiger partial charge < -0.3 is 9.08 Å². The van der Waals surface area contributed by atoms with Gasteiger partial charge in [-0.05, 0) is 38.4 Å². The lowest BCUT2D eigenvalue weighted by Crippen LogP contribution is -2.21. The fourth-order valence-corrected chi connectivity index (χ4v) is 1.55. The van der Waals surface area contributed by atoms with E-state index in [2.05, 4.69) is 4.18 Å². The Morgan fingerprint density at radius 2 is 1.82 bits per heavy atom. The second-order valence-corrected chi connectivity index (χ2v) is 4.72. The first kappa shape index (κ1) is 13.6. The molecule has 1 rings (SSSR count). The zero-order valence-corrected chi connectivity index (χ0v) is 10.3. The van der Waals surface area contributed by atoms with Gasteiger partial charge in [0.15, 0.2) is 5.78 Å². The van der Waals surface area contributed by atoms with E-state index in [9.17, 15) is 13.2 Å². The number of benzene rings is 1. The van der Waals surface area contributed by atoms with E-state index in [0.29, 0.717) is 5.56 Å². The number of carbonyl (C=O) groups is 1. The van der Waals surface area contributed by atoms with Crippen molar-refractivity contribution >= 4 is 16.2 Å². The third-order valence-electron chi connectivity index (χ3n) is 1.84. The fourth-order valence-electron chi connectivity index (χ4n) is 1.20. The molecule has 0 aliphatic heterocycles. The molecule has 17 heavy (non-hydrogen) atoms. The second-order valence-electron chi connectivity index (χ2n) is 3.70. The Bertz CT molecular complexity index is 492. The van der Waals surface area contributed by atoms with Crippen molar-refractivity contribution in [3.63, 3.8) is 0 Å². The topological polar surface area (TPSA) is 83.9 Å².